The highest BCUT2D eigenvalue weighted by molar-refractivity contribution is 7.48. The molecular weight excluding hydrogens is 1510 g/mol. The second-order valence-electron chi connectivity index (χ2n) is 29.1. The first-order valence-corrected chi connectivity index (χ1v) is 44.9. The van der Waals surface area contributed by atoms with Crippen LogP contribution < -0.4 is 10.6 Å². The maximum Gasteiger partial charge on any atom is 0.508 e. The average molecular weight is 1660 g/mol. The Morgan fingerprint density at radius 2 is 0.955 bits per heavy atom. The number of phosphoric ester groups is 1. The fourth-order valence-electron chi connectivity index (χ4n) is 13.1. The van der Waals surface area contributed by atoms with Gasteiger partial charge >= 0.3 is 26.0 Å². The highest BCUT2D eigenvalue weighted by Gasteiger charge is 2.54. The number of phosphoric acid groups is 1. The number of carbonyl (C=O) groups excluding carboxylic acids is 5. The summed E-state index contributed by atoms with van der Waals surface area (Å²) in [5.74, 6) is -1.79. The Hall–Kier alpha value is -3.49. The summed E-state index contributed by atoms with van der Waals surface area (Å²) in [6, 6.07) is -2.93. The number of aliphatic hydroxyl groups excluding tert-OH is 1. The van der Waals surface area contributed by atoms with E-state index in [4.69, 9.17) is 100 Å². The molecule has 0 aliphatic carbocycles. The Kier molecular flexibility index (Phi) is 64.0. The third kappa shape index (κ3) is 52.7. The van der Waals surface area contributed by atoms with E-state index in [1.165, 1.54) is 133 Å². The summed E-state index contributed by atoms with van der Waals surface area (Å²) >= 11 is 18.4. The predicted octanol–water partition coefficient (Wildman–Crippen LogP) is 20.5. The molecule has 0 aromatic rings. The van der Waals surface area contributed by atoms with Gasteiger partial charge in [0.25, 0.3) is 0 Å². The molecule has 644 valence electrons. The lowest BCUT2D eigenvalue weighted by molar-refractivity contribution is -0.307. The number of nitrogens with one attached hydrogen (secondary N) is 2. The summed E-state index contributed by atoms with van der Waals surface area (Å²) in [7, 11) is -4.76. The molecule has 3 N–H and O–H groups in total. The molecule has 2 fully saturated rings. The van der Waals surface area contributed by atoms with Gasteiger partial charge in [0.2, 0.25) is 9.70 Å². The smallest absolute Gasteiger partial charge is 0.460 e. The summed E-state index contributed by atoms with van der Waals surface area (Å²) < 4.78 is 98.7. The summed E-state index contributed by atoms with van der Waals surface area (Å²) in [6.45, 7) is 20.1. The highest BCUT2D eigenvalue weighted by atomic mass is 35.6. The minimum atomic E-state index is -4.76. The van der Waals surface area contributed by atoms with Crippen molar-refractivity contribution in [1.29, 1.82) is 0 Å². The number of rotatable bonds is 74. The molecule has 0 saturated carbocycles. The zero-order valence-corrected chi connectivity index (χ0v) is 71.5. The van der Waals surface area contributed by atoms with Gasteiger partial charge in [0.1, 0.15) is 87.5 Å². The van der Waals surface area contributed by atoms with Gasteiger partial charge in [-0.3, -0.25) is 23.2 Å². The number of hydrogen-bond donors (Lipinski definition) is 3. The highest BCUT2D eigenvalue weighted by Crippen LogP contribution is 2.53. The van der Waals surface area contributed by atoms with E-state index in [0.29, 0.717) is 32.3 Å². The molecule has 111 heavy (non-hydrogen) atoms. The van der Waals surface area contributed by atoms with Crippen LogP contribution in [-0.4, -0.2) is 179 Å². The number of allylic oxidation sites excluding steroid dienone is 2. The van der Waals surface area contributed by atoms with E-state index < -0.39 is 130 Å². The fraction of sp³-hybridized carbons (Fsp3) is 0.821. The van der Waals surface area contributed by atoms with Crippen LogP contribution in [0.3, 0.4) is 0 Å². The van der Waals surface area contributed by atoms with E-state index in [1.54, 1.807) is 0 Å². The molecule has 0 radical (unpaired) electrons. The second-order valence-corrected chi connectivity index (χ2v) is 33.2. The molecule has 23 nitrogen and oxygen atoms in total. The van der Waals surface area contributed by atoms with E-state index in [9.17, 15) is 33.6 Å². The number of halogens is 3. The standard InChI is InChI=1S/C84H146Cl3N2O21P/c1-9-17-21-25-29-33-35-36-40-43-47-51-60-97-69(54-50-46-42-38-32-28-24-20-12-4)55-62-100-79-75(89-82(94)105-67-84(85,86)87)81(109-71(65-104-83(95)101-57-14-6)77(79)110-111(96,106-58-15-7)107-59-16-8)102-64-70-76(93)78(99-61-52-48-44-39-34-30-26-22-18-10-2)74(80(108-70)103-66-73(92)98-56-13-5)88-72(91)63-68(90)53-49-45-41-37-31-27-23-19-11-3/h13-16,33,35,69-71,74-81,93H,5-12,17-32,34,36-67H2,1-4H3,(H,88,91)(H,89,94)/b35-33-/t69-,70-,71-,74-,75-,76-,77-,78-,79-,80+,81-/m1/s1. The number of amides is 2. The minimum absolute atomic E-state index is 0.0967. The fourth-order valence-corrected chi connectivity index (χ4v) is 14.6. The van der Waals surface area contributed by atoms with Gasteiger partial charge in [-0.2, -0.15) is 0 Å². The monoisotopic (exact) mass is 1650 g/mol. The van der Waals surface area contributed by atoms with Crippen LogP contribution in [0.2, 0.25) is 0 Å². The zero-order chi connectivity index (χ0) is 81.3. The van der Waals surface area contributed by atoms with Crippen LogP contribution in [0, 0.1) is 0 Å². The number of hydrogen-bond acceptors (Lipinski definition) is 21. The maximum absolute atomic E-state index is 15.0. The topological polar surface area (TPSA) is 276 Å². The van der Waals surface area contributed by atoms with E-state index in [1.807, 2.05) is 0 Å². The predicted molar refractivity (Wildman–Crippen MR) is 439 cm³/mol. The Morgan fingerprint density at radius 3 is 1.50 bits per heavy atom. The molecule has 2 rings (SSSR count). The SMILES string of the molecule is C=CCOC(=O)CO[C@H]1O[C@H](CO[C@@H]2O[C@H](COC(=O)OCC=C)[C@@H](OP(=O)(OCC=C)OCC=C)[C@H](OCC[C@@H](CCCCCCCCCCC)OCCCCCC/C=C\CCCCCC)[C@H]2NC(=O)OCC(Cl)(Cl)Cl)[C@@H](O)[C@H](OCCCCCCCCCCCC)[C@H]1NC(=O)CC(=O)CCCCCCCCCCC. The van der Waals surface area contributed by atoms with Crippen LogP contribution in [0.25, 0.3) is 0 Å². The molecule has 0 aromatic carbocycles. The van der Waals surface area contributed by atoms with Crippen molar-refractivity contribution in [2.24, 2.45) is 0 Å². The number of carbonyl (C=O) groups is 5. The molecule has 2 saturated heterocycles. The lowest BCUT2D eigenvalue weighted by atomic mass is 9.95. The van der Waals surface area contributed by atoms with Crippen LogP contribution >= 0.6 is 42.6 Å². The molecule has 2 heterocycles. The number of ether oxygens (including phenoxy) is 11. The summed E-state index contributed by atoms with van der Waals surface area (Å²) in [6.07, 6.45) is 36.3. The van der Waals surface area contributed by atoms with E-state index >= 15 is 0 Å². The van der Waals surface area contributed by atoms with Gasteiger partial charge in [-0.05, 0) is 57.8 Å². The number of unbranched alkanes of at least 4 members (excludes halogenated alkanes) is 33. The van der Waals surface area contributed by atoms with Crippen molar-refractivity contribution in [3.8, 4) is 0 Å². The molecule has 0 unspecified atom stereocenters. The van der Waals surface area contributed by atoms with Crippen LogP contribution in [0.1, 0.15) is 297 Å². The van der Waals surface area contributed by atoms with Gasteiger partial charge in [-0.1, -0.05) is 311 Å². The molecule has 2 aliphatic heterocycles. The van der Waals surface area contributed by atoms with Gasteiger partial charge < -0.3 is 67.8 Å². The van der Waals surface area contributed by atoms with Crippen molar-refractivity contribution < 1.29 is 99.3 Å². The molecule has 0 aromatic heterocycles. The van der Waals surface area contributed by atoms with Gasteiger partial charge in [0.05, 0.1) is 32.3 Å². The van der Waals surface area contributed by atoms with Gasteiger partial charge in [0.15, 0.2) is 12.6 Å². The second kappa shape index (κ2) is 68.6. The van der Waals surface area contributed by atoms with E-state index in [2.05, 4.69) is 76.8 Å². The van der Waals surface area contributed by atoms with Crippen molar-refractivity contribution in [3.05, 3.63) is 62.8 Å². The Morgan fingerprint density at radius 1 is 0.486 bits per heavy atom. The largest absolute Gasteiger partial charge is 0.508 e. The quantitative estimate of drug-likeness (QED) is 0.00970. The first-order chi connectivity index (χ1) is 53.8. The normalized spacial score (nSPS) is 20.3. The molecular formula is C84H146Cl3N2O21P. The molecule has 11 atom stereocenters. The first-order valence-electron chi connectivity index (χ1n) is 42.3. The van der Waals surface area contributed by atoms with Crippen molar-refractivity contribution in [3.63, 3.8) is 0 Å². The third-order valence-corrected chi connectivity index (χ3v) is 21.0. The number of esters is 1. The number of alkyl halides is 3. The van der Waals surface area contributed by atoms with Gasteiger partial charge in [-0.15, -0.1) is 13.2 Å². The summed E-state index contributed by atoms with van der Waals surface area (Å²) in [5.41, 5.74) is 0. The van der Waals surface area contributed by atoms with Gasteiger partial charge in [-0.25, -0.2) is 18.9 Å². The Balaban J connectivity index is 2.84. The van der Waals surface area contributed by atoms with Crippen LogP contribution in [-0.2, 0) is 84.6 Å². The average Bonchev–Trinajstić information content (AvgIpc) is 0.781. The number of Topliss-reactive ketones (excluding diaryl/α,β-unsaturated/α-hetero) is 1. The Bertz CT molecular complexity index is 2490. The van der Waals surface area contributed by atoms with Crippen LogP contribution in [0.4, 0.5) is 9.59 Å². The minimum Gasteiger partial charge on any atom is -0.460 e. The van der Waals surface area contributed by atoms with Crippen molar-refractivity contribution in [2.75, 3.05) is 72.7 Å². The van der Waals surface area contributed by atoms with Crippen LogP contribution in [0.5, 0.6) is 0 Å². The first kappa shape index (κ1) is 104. The molecule has 2 amide bonds. The van der Waals surface area contributed by atoms with Crippen molar-refractivity contribution in [2.45, 2.75) is 369 Å². The maximum atomic E-state index is 15.0. The van der Waals surface area contributed by atoms with Crippen molar-refractivity contribution >= 4 is 72.5 Å². The van der Waals surface area contributed by atoms with E-state index in [-0.39, 0.29) is 57.9 Å². The summed E-state index contributed by atoms with van der Waals surface area (Å²) in [4.78, 5) is 68.5. The molecule has 2 aliphatic rings. The summed E-state index contributed by atoms with van der Waals surface area (Å²) in [5, 5.41) is 18.3. The van der Waals surface area contributed by atoms with Gasteiger partial charge in [0, 0.05) is 26.2 Å². The number of aliphatic hydroxyl groups is 1. The molecule has 0 spiro atoms. The lowest BCUT2D eigenvalue weighted by Gasteiger charge is -2.47. The van der Waals surface area contributed by atoms with Crippen LogP contribution in [0.15, 0.2) is 62.8 Å². The molecule has 27 heteroatoms. The Labute approximate surface area is 682 Å². The van der Waals surface area contributed by atoms with Crippen molar-refractivity contribution in [1.82, 2.24) is 10.6 Å². The number of alkyl carbamates (subject to hydrolysis) is 1. The molecule has 0 bridgehead atoms. The zero-order valence-electron chi connectivity index (χ0n) is 68.3. The van der Waals surface area contributed by atoms with E-state index in [0.717, 1.165) is 122 Å². The lowest BCUT2D eigenvalue weighted by Crippen LogP contribution is -2.68. The third-order valence-electron chi connectivity index (χ3n) is 19.2. The number of ketones is 1.